The maximum Gasteiger partial charge on any atom is 0.262 e. The maximum atomic E-state index is 12.7. The Hall–Kier alpha value is -2.00. The van der Waals surface area contributed by atoms with Gasteiger partial charge in [0.25, 0.3) is 10.0 Å². The van der Waals surface area contributed by atoms with Crippen LogP contribution < -0.4 is 4.74 Å². The average Bonchev–Trinajstić information content (AvgIpc) is 2.94. The van der Waals surface area contributed by atoms with E-state index in [1.54, 1.807) is 24.6 Å². The van der Waals surface area contributed by atoms with Crippen molar-refractivity contribution in [3.8, 4) is 5.88 Å². The van der Waals surface area contributed by atoms with Crippen LogP contribution in [0.1, 0.15) is 24.4 Å². The van der Waals surface area contributed by atoms with Crippen LogP contribution in [0.3, 0.4) is 0 Å². The van der Waals surface area contributed by atoms with E-state index in [1.165, 1.54) is 16.8 Å². The molecule has 1 unspecified atom stereocenters. The molecule has 24 heavy (non-hydrogen) atoms. The molecule has 130 valence electrons. The van der Waals surface area contributed by atoms with Crippen molar-refractivity contribution in [3.05, 3.63) is 30.1 Å². The SMILES string of the molecule is Cc1cc(OC2CCCN(S(=O)(=O)c3cn(C)cn3)C2)nc(C)n1. The standard InChI is InChI=1S/C15H21N5O3S/c1-11-7-14(18-12(2)17-11)23-13-5-4-6-20(8-13)24(21,22)15-9-19(3)10-16-15/h7,9-10,13H,4-6,8H2,1-3H3. The van der Waals surface area contributed by atoms with Gasteiger partial charge in [0.05, 0.1) is 12.9 Å². The molecule has 8 nitrogen and oxygen atoms in total. The molecule has 0 spiro atoms. The molecule has 1 aliphatic heterocycles. The van der Waals surface area contributed by atoms with Crippen LogP contribution in [0.25, 0.3) is 0 Å². The second kappa shape index (κ2) is 6.48. The van der Waals surface area contributed by atoms with Gasteiger partial charge in [-0.25, -0.2) is 18.4 Å². The zero-order valence-electron chi connectivity index (χ0n) is 14.0. The number of ether oxygens (including phenoxy) is 1. The van der Waals surface area contributed by atoms with Gasteiger partial charge in [-0.05, 0) is 26.7 Å². The topological polar surface area (TPSA) is 90.2 Å². The van der Waals surface area contributed by atoms with E-state index in [2.05, 4.69) is 15.0 Å². The second-order valence-corrected chi connectivity index (χ2v) is 7.90. The van der Waals surface area contributed by atoms with Gasteiger partial charge in [0.2, 0.25) is 5.88 Å². The Morgan fingerprint density at radius 2 is 2.08 bits per heavy atom. The molecule has 9 heteroatoms. The molecule has 1 saturated heterocycles. The lowest BCUT2D eigenvalue weighted by atomic mass is 10.1. The lowest BCUT2D eigenvalue weighted by Crippen LogP contribution is -2.44. The summed E-state index contributed by atoms with van der Waals surface area (Å²) in [6.45, 7) is 4.44. The quantitative estimate of drug-likeness (QED) is 0.818. The summed E-state index contributed by atoms with van der Waals surface area (Å²) in [4.78, 5) is 12.4. The molecular weight excluding hydrogens is 330 g/mol. The molecule has 2 aromatic rings. The summed E-state index contributed by atoms with van der Waals surface area (Å²) in [6, 6.07) is 1.76. The third kappa shape index (κ3) is 3.57. The van der Waals surface area contributed by atoms with Crippen molar-refractivity contribution in [2.45, 2.75) is 37.8 Å². The number of nitrogens with zero attached hydrogens (tertiary/aromatic N) is 5. The van der Waals surface area contributed by atoms with Crippen LogP contribution in [0.5, 0.6) is 5.88 Å². The van der Waals surface area contributed by atoms with Crippen LogP contribution in [0, 0.1) is 13.8 Å². The number of hydrogen-bond acceptors (Lipinski definition) is 6. The maximum absolute atomic E-state index is 12.7. The van der Waals surface area contributed by atoms with Crippen molar-refractivity contribution >= 4 is 10.0 Å². The molecule has 0 radical (unpaired) electrons. The molecule has 0 saturated carbocycles. The summed E-state index contributed by atoms with van der Waals surface area (Å²) >= 11 is 0. The first kappa shape index (κ1) is 16.8. The number of sulfonamides is 1. The van der Waals surface area contributed by atoms with E-state index in [0.717, 1.165) is 18.5 Å². The van der Waals surface area contributed by atoms with E-state index in [4.69, 9.17) is 4.74 Å². The highest BCUT2D eigenvalue weighted by Gasteiger charge is 2.32. The average molecular weight is 351 g/mol. The zero-order chi connectivity index (χ0) is 17.3. The van der Waals surface area contributed by atoms with E-state index < -0.39 is 10.0 Å². The van der Waals surface area contributed by atoms with Crippen molar-refractivity contribution in [3.63, 3.8) is 0 Å². The van der Waals surface area contributed by atoms with Gasteiger partial charge in [-0.1, -0.05) is 0 Å². The van der Waals surface area contributed by atoms with Gasteiger partial charge >= 0.3 is 0 Å². The highest BCUT2D eigenvalue weighted by molar-refractivity contribution is 7.89. The largest absolute Gasteiger partial charge is 0.473 e. The summed E-state index contributed by atoms with van der Waals surface area (Å²) in [5.41, 5.74) is 0.825. The molecule has 0 bridgehead atoms. The monoisotopic (exact) mass is 351 g/mol. The Balaban J connectivity index is 1.74. The second-order valence-electron chi connectivity index (χ2n) is 6.02. The van der Waals surface area contributed by atoms with Crippen LogP contribution in [0.15, 0.2) is 23.6 Å². The van der Waals surface area contributed by atoms with Crippen LogP contribution in [0.4, 0.5) is 0 Å². The number of aromatic nitrogens is 4. The highest BCUT2D eigenvalue weighted by Crippen LogP contribution is 2.22. The van der Waals surface area contributed by atoms with Gasteiger partial charge in [0.15, 0.2) is 5.03 Å². The predicted molar refractivity (Wildman–Crippen MR) is 87.1 cm³/mol. The first-order valence-electron chi connectivity index (χ1n) is 7.81. The fourth-order valence-electron chi connectivity index (χ4n) is 2.79. The molecule has 1 aliphatic rings. The van der Waals surface area contributed by atoms with Crippen LogP contribution >= 0.6 is 0 Å². The summed E-state index contributed by atoms with van der Waals surface area (Å²) in [7, 11) is -1.85. The smallest absolute Gasteiger partial charge is 0.262 e. The normalized spacial score (nSPS) is 19.4. The van der Waals surface area contributed by atoms with Crippen molar-refractivity contribution in [1.82, 2.24) is 23.8 Å². The lowest BCUT2D eigenvalue weighted by Gasteiger charge is -2.31. The molecule has 0 aliphatic carbocycles. The molecule has 0 amide bonds. The van der Waals surface area contributed by atoms with Crippen molar-refractivity contribution < 1.29 is 13.2 Å². The fraction of sp³-hybridized carbons (Fsp3) is 0.533. The van der Waals surface area contributed by atoms with Crippen LogP contribution in [-0.2, 0) is 17.1 Å². The fourth-order valence-corrected chi connectivity index (χ4v) is 4.26. The molecule has 0 aromatic carbocycles. The van der Waals surface area contributed by atoms with Crippen molar-refractivity contribution in [2.75, 3.05) is 13.1 Å². The summed E-state index contributed by atoms with van der Waals surface area (Å²) in [5, 5.41) is 0.0689. The molecule has 3 heterocycles. The number of piperidine rings is 1. The zero-order valence-corrected chi connectivity index (χ0v) is 14.8. The summed E-state index contributed by atoms with van der Waals surface area (Å²) < 4.78 is 34.3. The first-order chi connectivity index (χ1) is 11.3. The van der Waals surface area contributed by atoms with E-state index in [0.29, 0.717) is 24.8 Å². The Kier molecular flexibility index (Phi) is 4.55. The molecule has 3 rings (SSSR count). The Bertz CT molecular complexity index is 813. The van der Waals surface area contributed by atoms with Gasteiger partial charge in [0.1, 0.15) is 11.9 Å². The van der Waals surface area contributed by atoms with Gasteiger partial charge < -0.3 is 9.30 Å². The summed E-state index contributed by atoms with van der Waals surface area (Å²) in [5.74, 6) is 1.13. The van der Waals surface area contributed by atoms with E-state index in [1.807, 2.05) is 6.92 Å². The molecular formula is C15H21N5O3S. The third-order valence-electron chi connectivity index (χ3n) is 3.86. The number of imidazole rings is 1. The van der Waals surface area contributed by atoms with Crippen molar-refractivity contribution in [2.24, 2.45) is 7.05 Å². The highest BCUT2D eigenvalue weighted by atomic mass is 32.2. The Morgan fingerprint density at radius 1 is 1.29 bits per heavy atom. The number of aryl methyl sites for hydroxylation is 3. The Labute approximate surface area is 141 Å². The van der Waals surface area contributed by atoms with Crippen LogP contribution in [0.2, 0.25) is 0 Å². The number of hydrogen-bond donors (Lipinski definition) is 0. The van der Waals surface area contributed by atoms with E-state index in [9.17, 15) is 8.42 Å². The number of rotatable bonds is 4. The minimum atomic E-state index is -3.59. The molecule has 0 N–H and O–H groups in total. The van der Waals surface area contributed by atoms with E-state index >= 15 is 0 Å². The minimum absolute atomic E-state index is 0.0689. The molecule has 1 fully saturated rings. The molecule has 1 atom stereocenters. The molecule has 2 aromatic heterocycles. The Morgan fingerprint density at radius 3 is 2.75 bits per heavy atom. The first-order valence-corrected chi connectivity index (χ1v) is 9.25. The summed E-state index contributed by atoms with van der Waals surface area (Å²) in [6.07, 6.45) is 4.29. The third-order valence-corrected chi connectivity index (χ3v) is 5.61. The van der Waals surface area contributed by atoms with Gasteiger partial charge in [-0.15, -0.1) is 0 Å². The van der Waals surface area contributed by atoms with Crippen molar-refractivity contribution in [1.29, 1.82) is 0 Å². The lowest BCUT2D eigenvalue weighted by molar-refractivity contribution is 0.124. The van der Waals surface area contributed by atoms with Gasteiger partial charge in [-0.3, -0.25) is 0 Å². The predicted octanol–water partition coefficient (Wildman–Crippen LogP) is 1.06. The minimum Gasteiger partial charge on any atom is -0.473 e. The van der Waals surface area contributed by atoms with Crippen LogP contribution in [-0.4, -0.2) is 51.4 Å². The van der Waals surface area contributed by atoms with Gasteiger partial charge in [-0.2, -0.15) is 9.29 Å². The van der Waals surface area contributed by atoms with Gasteiger partial charge in [0, 0.05) is 31.5 Å². The van der Waals surface area contributed by atoms with E-state index in [-0.39, 0.29) is 11.1 Å².